The Kier molecular flexibility index (Phi) is 7.29. The number of esters is 1. The van der Waals surface area contributed by atoms with Crippen molar-refractivity contribution in [3.8, 4) is 0 Å². The zero-order valence-corrected chi connectivity index (χ0v) is 23.5. The summed E-state index contributed by atoms with van der Waals surface area (Å²) in [4.78, 5) is 38.4. The maximum Gasteiger partial charge on any atom is 0.339 e. The number of ether oxygens (including phenoxy) is 1. The molecule has 0 saturated carbocycles. The van der Waals surface area contributed by atoms with E-state index in [4.69, 9.17) is 4.74 Å². The van der Waals surface area contributed by atoms with Crippen LogP contribution in [0.5, 0.6) is 0 Å². The Hall–Kier alpha value is -4.31. The molecule has 3 aliphatic rings. The van der Waals surface area contributed by atoms with E-state index in [0.717, 1.165) is 11.1 Å². The average Bonchev–Trinajstić information content (AvgIpc) is 3.63. The van der Waals surface area contributed by atoms with Gasteiger partial charge in [0.2, 0.25) is 26.0 Å². The standard InChI is InChI=1S/C17H15N3O5S.C9H10N2O3S/c1-18-26(23,24)9-2-3-14-11(6-9)12(16(21)20-14)7-15-10-4-5-25-17(22)13(10)8-19-15;1-10-15(13,14)7-2-3-8-6(4-7)5-9(12)11-8/h2-3,6-8,18-19H,4-5H2,1H3,(H,20,21);2-4,10H,5H2,1H3,(H,11,12). The van der Waals surface area contributed by atoms with Gasteiger partial charge in [0.25, 0.3) is 5.91 Å². The number of hydrogen-bond donors (Lipinski definition) is 5. The molecule has 0 radical (unpaired) electrons. The van der Waals surface area contributed by atoms with Gasteiger partial charge in [0.05, 0.1) is 34.0 Å². The number of carbonyl (C=O) groups excluding carboxylic acids is 3. The molecule has 4 heterocycles. The van der Waals surface area contributed by atoms with Gasteiger partial charge >= 0.3 is 5.97 Å². The molecular formula is C26H25N5O8S2. The molecule has 6 rings (SSSR count). The number of aromatic nitrogens is 1. The highest BCUT2D eigenvalue weighted by atomic mass is 32.2. The monoisotopic (exact) mass is 599 g/mol. The SMILES string of the molecule is CNS(=O)(=O)c1ccc2c(c1)C(=Cc1[nH]cc3c1CCOC3=O)C(=O)N2.CNS(=O)(=O)c1ccc2c(c1)CC(=O)N2. The quantitative estimate of drug-likeness (QED) is 0.213. The lowest BCUT2D eigenvalue weighted by atomic mass is 10.0. The molecule has 214 valence electrons. The van der Waals surface area contributed by atoms with Gasteiger partial charge in [0.1, 0.15) is 0 Å². The molecule has 0 atom stereocenters. The van der Waals surface area contributed by atoms with Crippen LogP contribution in [0.25, 0.3) is 11.6 Å². The number of benzene rings is 2. The van der Waals surface area contributed by atoms with Crippen LogP contribution in [0.3, 0.4) is 0 Å². The first-order valence-electron chi connectivity index (χ1n) is 12.3. The largest absolute Gasteiger partial charge is 0.462 e. The van der Waals surface area contributed by atoms with Gasteiger partial charge in [-0.25, -0.2) is 31.1 Å². The maximum atomic E-state index is 12.4. The van der Waals surface area contributed by atoms with Gasteiger partial charge in [0.15, 0.2) is 0 Å². The number of aromatic amines is 1. The normalized spacial score (nSPS) is 16.6. The highest BCUT2D eigenvalue weighted by molar-refractivity contribution is 7.89. The topological polar surface area (TPSA) is 193 Å². The summed E-state index contributed by atoms with van der Waals surface area (Å²) in [6, 6.07) is 9.02. The minimum atomic E-state index is -3.63. The van der Waals surface area contributed by atoms with Crippen LogP contribution in [-0.2, 0) is 47.2 Å². The second kappa shape index (κ2) is 10.6. The third kappa shape index (κ3) is 5.39. The lowest BCUT2D eigenvalue weighted by molar-refractivity contribution is -0.115. The Morgan fingerprint density at radius 3 is 2.20 bits per heavy atom. The smallest absolute Gasteiger partial charge is 0.339 e. The molecule has 41 heavy (non-hydrogen) atoms. The minimum absolute atomic E-state index is 0.0678. The van der Waals surface area contributed by atoms with Crippen molar-refractivity contribution >= 4 is 60.9 Å². The summed E-state index contributed by atoms with van der Waals surface area (Å²) >= 11 is 0. The highest BCUT2D eigenvalue weighted by Gasteiger charge is 2.28. The van der Waals surface area contributed by atoms with Crippen LogP contribution in [0.4, 0.5) is 11.4 Å². The van der Waals surface area contributed by atoms with E-state index in [1.807, 2.05) is 0 Å². The fourth-order valence-corrected chi connectivity index (χ4v) is 6.14. The number of cyclic esters (lactones) is 1. The Morgan fingerprint density at radius 1 is 0.854 bits per heavy atom. The number of hydrogen-bond acceptors (Lipinski definition) is 8. The highest BCUT2D eigenvalue weighted by Crippen LogP contribution is 2.35. The number of nitrogens with one attached hydrogen (secondary N) is 5. The lowest BCUT2D eigenvalue weighted by Crippen LogP contribution is -2.18. The number of rotatable bonds is 5. The van der Waals surface area contributed by atoms with Gasteiger partial charge < -0.3 is 20.4 Å². The van der Waals surface area contributed by atoms with E-state index in [-0.39, 0.29) is 34.6 Å². The fourth-order valence-electron chi connectivity index (χ4n) is 4.60. The van der Waals surface area contributed by atoms with E-state index in [0.29, 0.717) is 40.2 Å². The van der Waals surface area contributed by atoms with E-state index < -0.39 is 26.0 Å². The molecule has 2 aromatic carbocycles. The van der Waals surface area contributed by atoms with Crippen molar-refractivity contribution in [2.75, 3.05) is 31.3 Å². The van der Waals surface area contributed by atoms with Gasteiger partial charge in [-0.3, -0.25) is 9.59 Å². The van der Waals surface area contributed by atoms with E-state index in [1.165, 1.54) is 38.4 Å². The summed E-state index contributed by atoms with van der Waals surface area (Å²) in [7, 11) is -4.38. The van der Waals surface area contributed by atoms with Crippen LogP contribution in [0.1, 0.15) is 32.7 Å². The molecule has 3 aromatic rings. The van der Waals surface area contributed by atoms with E-state index in [2.05, 4.69) is 25.1 Å². The molecule has 2 amide bonds. The van der Waals surface area contributed by atoms with Crippen LogP contribution in [0.2, 0.25) is 0 Å². The summed E-state index contributed by atoms with van der Waals surface area (Å²) in [5.74, 6) is -0.837. The molecule has 1 aromatic heterocycles. The molecule has 15 heteroatoms. The Labute approximate surface area is 235 Å². The van der Waals surface area contributed by atoms with Crippen molar-refractivity contribution in [1.29, 1.82) is 0 Å². The summed E-state index contributed by atoms with van der Waals surface area (Å²) < 4.78 is 56.5. The zero-order chi connectivity index (χ0) is 29.5. The van der Waals surface area contributed by atoms with Crippen LogP contribution in [0, 0.1) is 0 Å². The predicted octanol–water partition coefficient (Wildman–Crippen LogP) is 1.22. The predicted molar refractivity (Wildman–Crippen MR) is 149 cm³/mol. The van der Waals surface area contributed by atoms with Gasteiger partial charge in [-0.2, -0.15) is 0 Å². The van der Waals surface area contributed by atoms with Crippen LogP contribution >= 0.6 is 0 Å². The molecule has 13 nitrogen and oxygen atoms in total. The first-order chi connectivity index (χ1) is 19.4. The Balaban J connectivity index is 0.000000191. The number of sulfonamides is 2. The van der Waals surface area contributed by atoms with Crippen LogP contribution < -0.4 is 20.1 Å². The molecule has 0 aliphatic carbocycles. The van der Waals surface area contributed by atoms with Crippen molar-refractivity contribution in [1.82, 2.24) is 14.4 Å². The summed E-state index contributed by atoms with van der Waals surface area (Å²) in [6.07, 6.45) is 3.97. The van der Waals surface area contributed by atoms with Gasteiger partial charge in [0, 0.05) is 35.2 Å². The molecule has 0 bridgehead atoms. The first-order valence-corrected chi connectivity index (χ1v) is 15.2. The fraction of sp³-hybridized carbons (Fsp3) is 0.192. The molecular weight excluding hydrogens is 574 g/mol. The summed E-state index contributed by atoms with van der Waals surface area (Å²) in [5.41, 5.74) is 4.64. The average molecular weight is 600 g/mol. The van der Waals surface area contributed by atoms with Crippen LogP contribution in [-0.4, -0.2) is 60.3 Å². The molecule has 0 spiro atoms. The second-order valence-electron chi connectivity index (χ2n) is 9.16. The molecule has 3 aliphatic heterocycles. The van der Waals surface area contributed by atoms with Crippen LogP contribution in [0.15, 0.2) is 52.4 Å². The molecule has 0 unspecified atom stereocenters. The molecule has 0 fully saturated rings. The number of amides is 2. The third-order valence-electron chi connectivity index (χ3n) is 6.75. The number of H-pyrrole nitrogens is 1. The number of fused-ring (bicyclic) bond motifs is 3. The Morgan fingerprint density at radius 2 is 1.51 bits per heavy atom. The molecule has 0 saturated heterocycles. The third-order valence-corrected chi connectivity index (χ3v) is 9.57. The maximum absolute atomic E-state index is 12.4. The lowest BCUT2D eigenvalue weighted by Gasteiger charge is -2.12. The minimum Gasteiger partial charge on any atom is -0.462 e. The van der Waals surface area contributed by atoms with Crippen molar-refractivity contribution in [2.45, 2.75) is 22.6 Å². The summed E-state index contributed by atoms with van der Waals surface area (Å²) in [6.45, 7) is 0.285. The first kappa shape index (κ1) is 28.2. The Bertz CT molecular complexity index is 1860. The van der Waals surface area contributed by atoms with E-state index >= 15 is 0 Å². The van der Waals surface area contributed by atoms with Gasteiger partial charge in [-0.05, 0) is 67.7 Å². The zero-order valence-electron chi connectivity index (χ0n) is 21.8. The number of anilines is 2. The van der Waals surface area contributed by atoms with E-state index in [1.54, 1.807) is 24.4 Å². The summed E-state index contributed by atoms with van der Waals surface area (Å²) in [5, 5.41) is 5.36. The second-order valence-corrected chi connectivity index (χ2v) is 12.9. The number of carbonyl (C=O) groups is 3. The van der Waals surface area contributed by atoms with Crippen molar-refractivity contribution in [3.63, 3.8) is 0 Å². The van der Waals surface area contributed by atoms with Crippen molar-refractivity contribution in [2.24, 2.45) is 0 Å². The molecule has 5 N–H and O–H groups in total. The van der Waals surface area contributed by atoms with Gasteiger partial charge in [-0.15, -0.1) is 0 Å². The van der Waals surface area contributed by atoms with Crippen molar-refractivity contribution < 1.29 is 36.0 Å². The van der Waals surface area contributed by atoms with Gasteiger partial charge in [-0.1, -0.05) is 0 Å². The van der Waals surface area contributed by atoms with Crippen molar-refractivity contribution in [3.05, 3.63) is 70.5 Å². The van der Waals surface area contributed by atoms with E-state index in [9.17, 15) is 31.2 Å².